The van der Waals surface area contributed by atoms with Crippen molar-refractivity contribution in [2.45, 2.75) is 17.7 Å². The van der Waals surface area contributed by atoms with Gasteiger partial charge in [-0.15, -0.1) is 0 Å². The maximum atomic E-state index is 11.6. The van der Waals surface area contributed by atoms with Crippen LogP contribution in [0.15, 0.2) is 28.7 Å². The fourth-order valence-corrected chi connectivity index (χ4v) is 2.13. The predicted molar refractivity (Wildman–Crippen MR) is 80.2 cm³/mol. The third kappa shape index (κ3) is 6.02. The first-order valence-electron chi connectivity index (χ1n) is 5.26. The summed E-state index contributed by atoms with van der Waals surface area (Å²) >= 11 is 10.2. The topological polar surface area (TPSA) is 26.3 Å². The van der Waals surface area contributed by atoms with Crippen molar-refractivity contribution in [2.24, 2.45) is 0 Å². The number of carbonyl (C=O) groups excluding carboxylic acids is 1. The van der Waals surface area contributed by atoms with Crippen LogP contribution in [-0.4, -0.2) is 22.7 Å². The molecule has 1 rings (SSSR count). The molecule has 0 aliphatic carbocycles. The number of alkyl halides is 2. The van der Waals surface area contributed by atoms with Crippen LogP contribution >= 0.6 is 47.8 Å². The smallest absolute Gasteiger partial charge is 0.338 e. The van der Waals surface area contributed by atoms with Gasteiger partial charge < -0.3 is 4.74 Å². The Labute approximate surface area is 126 Å². The number of esters is 1. The molecule has 1 aromatic rings. The summed E-state index contributed by atoms with van der Waals surface area (Å²) in [5.41, 5.74) is 0.587. The summed E-state index contributed by atoms with van der Waals surface area (Å²) in [6, 6.07) is 7.16. The van der Waals surface area contributed by atoms with Gasteiger partial charge in [-0.1, -0.05) is 47.8 Å². The normalized spacial score (nSPS) is 12.2. The number of benzene rings is 1. The molecule has 0 bridgehead atoms. The molecule has 0 saturated carbocycles. The molecule has 0 aliphatic heterocycles. The minimum Gasteiger partial charge on any atom is -0.462 e. The number of ether oxygens (including phenoxy) is 1. The average molecular weight is 429 g/mol. The fraction of sp³-hybridized carbons (Fsp3) is 0.417. The Kier molecular flexibility index (Phi) is 7.39. The first-order chi connectivity index (χ1) is 8.13. The number of carbonyl (C=O) groups is 1. The molecule has 2 nitrogen and oxygen atoms in total. The molecule has 0 spiro atoms. The third-order valence-electron chi connectivity index (χ3n) is 2.14. The highest BCUT2D eigenvalue weighted by atomic mass is 79.9. The summed E-state index contributed by atoms with van der Waals surface area (Å²) in [5, 5.41) is 0.910. The fourth-order valence-electron chi connectivity index (χ4n) is 1.22. The lowest BCUT2D eigenvalue weighted by Gasteiger charge is -2.07. The molecule has 94 valence electrons. The summed E-state index contributed by atoms with van der Waals surface area (Å²) in [6.07, 6.45) is 1.85. The van der Waals surface area contributed by atoms with E-state index in [1.165, 1.54) is 0 Å². The molecule has 0 saturated heterocycles. The molecular formula is C12H13Br3O2. The molecule has 1 atom stereocenters. The molecule has 0 N–H and O–H groups in total. The summed E-state index contributed by atoms with van der Waals surface area (Å²) in [5.74, 6) is -0.262. The van der Waals surface area contributed by atoms with Crippen molar-refractivity contribution in [3.63, 3.8) is 0 Å². The Balaban J connectivity index is 2.28. The van der Waals surface area contributed by atoms with Crippen molar-refractivity contribution in [2.75, 3.05) is 11.9 Å². The van der Waals surface area contributed by atoms with Crippen molar-refractivity contribution in [1.82, 2.24) is 0 Å². The van der Waals surface area contributed by atoms with Crippen LogP contribution in [0.4, 0.5) is 0 Å². The van der Waals surface area contributed by atoms with E-state index in [9.17, 15) is 4.79 Å². The second kappa shape index (κ2) is 8.27. The molecular weight excluding hydrogens is 416 g/mol. The number of halogens is 3. The van der Waals surface area contributed by atoms with Crippen LogP contribution in [-0.2, 0) is 4.74 Å². The Morgan fingerprint density at radius 3 is 2.53 bits per heavy atom. The maximum Gasteiger partial charge on any atom is 0.338 e. The molecule has 17 heavy (non-hydrogen) atoms. The van der Waals surface area contributed by atoms with E-state index in [0.29, 0.717) is 17.0 Å². The van der Waals surface area contributed by atoms with E-state index < -0.39 is 0 Å². The van der Waals surface area contributed by atoms with Crippen molar-refractivity contribution in [1.29, 1.82) is 0 Å². The zero-order chi connectivity index (χ0) is 12.7. The van der Waals surface area contributed by atoms with Gasteiger partial charge >= 0.3 is 5.97 Å². The van der Waals surface area contributed by atoms with Gasteiger partial charge in [-0.25, -0.2) is 4.79 Å². The molecule has 0 amide bonds. The van der Waals surface area contributed by atoms with E-state index in [1.54, 1.807) is 12.1 Å². The van der Waals surface area contributed by atoms with Gasteiger partial charge in [0.1, 0.15) is 0 Å². The van der Waals surface area contributed by atoms with E-state index in [-0.39, 0.29) is 5.97 Å². The minimum atomic E-state index is -0.262. The van der Waals surface area contributed by atoms with E-state index in [4.69, 9.17) is 4.74 Å². The highest BCUT2D eigenvalue weighted by molar-refractivity contribution is 9.12. The molecule has 0 aliphatic rings. The quantitative estimate of drug-likeness (QED) is 0.377. The van der Waals surface area contributed by atoms with Crippen molar-refractivity contribution in [3.05, 3.63) is 34.3 Å². The van der Waals surface area contributed by atoms with Crippen LogP contribution < -0.4 is 0 Å². The molecule has 0 fully saturated rings. The largest absolute Gasteiger partial charge is 0.462 e. The zero-order valence-corrected chi connectivity index (χ0v) is 13.9. The van der Waals surface area contributed by atoms with Gasteiger partial charge in [-0.3, -0.25) is 0 Å². The van der Waals surface area contributed by atoms with Gasteiger partial charge in [-0.05, 0) is 37.1 Å². The number of rotatable bonds is 6. The SMILES string of the molecule is O=C(OCCC[C@H](Br)CBr)c1ccc(Br)cc1. The van der Waals surface area contributed by atoms with E-state index in [0.717, 1.165) is 22.6 Å². The predicted octanol–water partition coefficient (Wildman–Crippen LogP) is 4.54. The first kappa shape index (κ1) is 15.2. The average Bonchev–Trinajstić information content (AvgIpc) is 2.34. The lowest BCUT2D eigenvalue weighted by Crippen LogP contribution is -2.08. The second-order valence-electron chi connectivity index (χ2n) is 3.54. The van der Waals surface area contributed by atoms with Gasteiger partial charge in [0, 0.05) is 14.6 Å². The molecule has 0 unspecified atom stereocenters. The van der Waals surface area contributed by atoms with Gasteiger partial charge in [0.25, 0.3) is 0 Å². The van der Waals surface area contributed by atoms with Crippen LogP contribution in [0.25, 0.3) is 0 Å². The molecule has 0 radical (unpaired) electrons. The van der Waals surface area contributed by atoms with Gasteiger partial charge in [0.2, 0.25) is 0 Å². The summed E-state index contributed by atoms with van der Waals surface area (Å²) in [4.78, 5) is 12.1. The van der Waals surface area contributed by atoms with Crippen LogP contribution in [0.1, 0.15) is 23.2 Å². The number of hydrogen-bond donors (Lipinski definition) is 0. The molecule has 5 heteroatoms. The highest BCUT2D eigenvalue weighted by Gasteiger charge is 2.07. The summed E-state index contributed by atoms with van der Waals surface area (Å²) in [6.45, 7) is 0.462. The van der Waals surface area contributed by atoms with Crippen LogP contribution in [0, 0.1) is 0 Å². The van der Waals surface area contributed by atoms with Crippen LogP contribution in [0.5, 0.6) is 0 Å². The Bertz CT molecular complexity index is 351. The van der Waals surface area contributed by atoms with E-state index in [2.05, 4.69) is 47.8 Å². The molecule has 1 aromatic carbocycles. The van der Waals surface area contributed by atoms with Crippen molar-refractivity contribution < 1.29 is 9.53 Å². The number of hydrogen-bond acceptors (Lipinski definition) is 2. The van der Waals surface area contributed by atoms with Crippen molar-refractivity contribution in [3.8, 4) is 0 Å². The third-order valence-corrected chi connectivity index (χ3v) is 5.10. The van der Waals surface area contributed by atoms with Gasteiger partial charge in [0.15, 0.2) is 0 Å². The lowest BCUT2D eigenvalue weighted by molar-refractivity contribution is 0.0498. The second-order valence-corrected chi connectivity index (χ2v) is 6.39. The summed E-state index contributed by atoms with van der Waals surface area (Å²) < 4.78 is 6.12. The van der Waals surface area contributed by atoms with Gasteiger partial charge in [-0.2, -0.15) is 0 Å². The standard InChI is InChI=1S/C12H13Br3O2/c13-8-11(15)2-1-7-17-12(16)9-3-5-10(14)6-4-9/h3-6,11H,1-2,7-8H2/t11-/m0/s1. The maximum absolute atomic E-state index is 11.6. The van der Waals surface area contributed by atoms with Crippen LogP contribution in [0.2, 0.25) is 0 Å². The summed E-state index contributed by atoms with van der Waals surface area (Å²) in [7, 11) is 0. The van der Waals surface area contributed by atoms with E-state index in [1.807, 2.05) is 12.1 Å². The minimum absolute atomic E-state index is 0.262. The molecule has 0 aromatic heterocycles. The Morgan fingerprint density at radius 1 is 1.29 bits per heavy atom. The van der Waals surface area contributed by atoms with E-state index >= 15 is 0 Å². The Hall–Kier alpha value is 0.130. The van der Waals surface area contributed by atoms with Crippen LogP contribution in [0.3, 0.4) is 0 Å². The lowest BCUT2D eigenvalue weighted by atomic mass is 10.2. The zero-order valence-electron chi connectivity index (χ0n) is 9.17. The van der Waals surface area contributed by atoms with Crippen molar-refractivity contribution >= 4 is 53.8 Å². The highest BCUT2D eigenvalue weighted by Crippen LogP contribution is 2.13. The monoisotopic (exact) mass is 426 g/mol. The first-order valence-corrected chi connectivity index (χ1v) is 8.09. The molecule has 0 heterocycles. The Morgan fingerprint density at radius 2 is 1.94 bits per heavy atom. The van der Waals surface area contributed by atoms with Gasteiger partial charge in [0.05, 0.1) is 12.2 Å².